The molecular weight excluding hydrogens is 436 g/mol. The Bertz CT molecular complexity index is 1290. The van der Waals surface area contributed by atoms with E-state index in [1.165, 1.54) is 0 Å². The third kappa shape index (κ3) is 5.12. The van der Waals surface area contributed by atoms with Gasteiger partial charge in [-0.05, 0) is 91.8 Å². The highest BCUT2D eigenvalue weighted by molar-refractivity contribution is 5.55. The van der Waals surface area contributed by atoms with E-state index >= 15 is 0 Å². The Morgan fingerprint density at radius 3 is 1.20 bits per heavy atom. The summed E-state index contributed by atoms with van der Waals surface area (Å²) >= 11 is 0. The molecule has 4 aromatic carbocycles. The standard InChI is InChI=1S/C31H32O4/c1-18-5-9-28(32)22(13-18)15-26-24(20(3)7-11-30(26)34)17-25-21(4)8-12-31(35)27(25)16-23-14-19(2)6-10-29(23)33/h5-14,32-35H,15-17H2,1-4H3. The fourth-order valence-electron chi connectivity index (χ4n) is 4.75. The highest BCUT2D eigenvalue weighted by Gasteiger charge is 2.19. The Kier molecular flexibility index (Phi) is 6.74. The van der Waals surface area contributed by atoms with Crippen LogP contribution in [0.15, 0.2) is 60.7 Å². The van der Waals surface area contributed by atoms with Crippen LogP contribution in [0.2, 0.25) is 0 Å². The molecule has 0 radical (unpaired) electrons. The highest BCUT2D eigenvalue weighted by Crippen LogP contribution is 2.36. The summed E-state index contributed by atoms with van der Waals surface area (Å²) in [6.07, 6.45) is 1.29. The van der Waals surface area contributed by atoms with Gasteiger partial charge in [-0.1, -0.05) is 47.5 Å². The van der Waals surface area contributed by atoms with Gasteiger partial charge in [-0.25, -0.2) is 0 Å². The number of hydrogen-bond acceptors (Lipinski definition) is 4. The van der Waals surface area contributed by atoms with E-state index in [9.17, 15) is 20.4 Å². The van der Waals surface area contributed by atoms with Crippen molar-refractivity contribution in [1.82, 2.24) is 0 Å². The maximum atomic E-state index is 10.8. The van der Waals surface area contributed by atoms with E-state index in [-0.39, 0.29) is 23.0 Å². The molecule has 4 N–H and O–H groups in total. The zero-order valence-corrected chi connectivity index (χ0v) is 20.7. The lowest BCUT2D eigenvalue weighted by molar-refractivity contribution is 0.462. The van der Waals surface area contributed by atoms with Crippen LogP contribution < -0.4 is 0 Å². The molecule has 4 rings (SSSR count). The van der Waals surface area contributed by atoms with Gasteiger partial charge in [0, 0.05) is 24.0 Å². The zero-order chi connectivity index (χ0) is 25.3. The monoisotopic (exact) mass is 468 g/mol. The maximum Gasteiger partial charge on any atom is 0.119 e. The molecule has 0 aliphatic heterocycles. The fourth-order valence-corrected chi connectivity index (χ4v) is 4.75. The number of rotatable bonds is 6. The summed E-state index contributed by atoms with van der Waals surface area (Å²) in [5.74, 6) is 0.766. The van der Waals surface area contributed by atoms with E-state index in [4.69, 9.17) is 0 Å². The van der Waals surface area contributed by atoms with Gasteiger partial charge in [0.25, 0.3) is 0 Å². The van der Waals surface area contributed by atoms with Crippen molar-refractivity contribution in [3.63, 3.8) is 0 Å². The number of aryl methyl sites for hydroxylation is 4. The molecule has 0 bridgehead atoms. The van der Waals surface area contributed by atoms with Crippen molar-refractivity contribution >= 4 is 0 Å². The first-order valence-electron chi connectivity index (χ1n) is 11.8. The number of benzene rings is 4. The van der Waals surface area contributed by atoms with Crippen molar-refractivity contribution < 1.29 is 20.4 Å². The second kappa shape index (κ2) is 9.75. The molecule has 0 fully saturated rings. The molecule has 0 unspecified atom stereocenters. The van der Waals surface area contributed by atoms with Crippen molar-refractivity contribution in [2.24, 2.45) is 0 Å². The molecule has 0 aliphatic carbocycles. The smallest absolute Gasteiger partial charge is 0.119 e. The Balaban J connectivity index is 1.81. The SMILES string of the molecule is Cc1ccc(O)c(Cc2c(O)ccc(C)c2Cc2c(C)ccc(O)c2Cc2cc(C)ccc2O)c1. The summed E-state index contributed by atoms with van der Waals surface area (Å²) in [4.78, 5) is 0. The van der Waals surface area contributed by atoms with E-state index in [2.05, 4.69) is 0 Å². The first-order chi connectivity index (χ1) is 16.6. The third-order valence-corrected chi connectivity index (χ3v) is 6.84. The summed E-state index contributed by atoms with van der Waals surface area (Å²) in [5.41, 5.74) is 9.09. The molecule has 4 heteroatoms. The van der Waals surface area contributed by atoms with Crippen LogP contribution in [0.1, 0.15) is 55.6 Å². The fraction of sp³-hybridized carbons (Fsp3) is 0.226. The van der Waals surface area contributed by atoms with Crippen LogP contribution in [0.3, 0.4) is 0 Å². The van der Waals surface area contributed by atoms with Crippen molar-refractivity contribution in [3.8, 4) is 23.0 Å². The average molecular weight is 469 g/mol. The lowest BCUT2D eigenvalue weighted by atomic mass is 9.86. The minimum Gasteiger partial charge on any atom is -0.508 e. The molecule has 4 nitrogen and oxygen atoms in total. The topological polar surface area (TPSA) is 80.9 Å². The van der Waals surface area contributed by atoms with Gasteiger partial charge in [-0.2, -0.15) is 0 Å². The largest absolute Gasteiger partial charge is 0.508 e. The predicted octanol–water partition coefficient (Wildman–Crippen LogP) is 6.52. The number of phenolic OH excluding ortho intramolecular Hbond substituents is 4. The van der Waals surface area contributed by atoms with Crippen LogP contribution >= 0.6 is 0 Å². The normalized spacial score (nSPS) is 11.1. The second-order valence-electron chi connectivity index (χ2n) is 9.51. The van der Waals surface area contributed by atoms with Crippen molar-refractivity contribution in [3.05, 3.63) is 116 Å². The van der Waals surface area contributed by atoms with Crippen molar-refractivity contribution in [1.29, 1.82) is 0 Å². The van der Waals surface area contributed by atoms with Crippen LogP contribution in [-0.4, -0.2) is 20.4 Å². The molecule has 0 spiro atoms. The molecular formula is C31H32O4. The third-order valence-electron chi connectivity index (χ3n) is 6.84. The summed E-state index contributed by atoms with van der Waals surface area (Å²) in [5, 5.41) is 42.6. The lowest BCUT2D eigenvalue weighted by Gasteiger charge is -2.20. The first-order valence-corrected chi connectivity index (χ1v) is 11.8. The van der Waals surface area contributed by atoms with Gasteiger partial charge in [0.2, 0.25) is 0 Å². The van der Waals surface area contributed by atoms with Crippen LogP contribution in [-0.2, 0) is 19.3 Å². The summed E-state index contributed by atoms with van der Waals surface area (Å²) in [7, 11) is 0. The number of aromatic hydroxyl groups is 4. The maximum absolute atomic E-state index is 10.8. The van der Waals surface area contributed by atoms with Crippen LogP contribution in [0.5, 0.6) is 23.0 Å². The lowest BCUT2D eigenvalue weighted by Crippen LogP contribution is -2.06. The molecule has 0 amide bonds. The average Bonchev–Trinajstić information content (AvgIpc) is 2.81. The molecule has 0 heterocycles. The zero-order valence-electron chi connectivity index (χ0n) is 20.7. The van der Waals surface area contributed by atoms with E-state index in [1.807, 2.05) is 64.1 Å². The van der Waals surface area contributed by atoms with E-state index in [0.717, 1.165) is 55.6 Å². The minimum absolute atomic E-state index is 0.183. The predicted molar refractivity (Wildman–Crippen MR) is 140 cm³/mol. The highest BCUT2D eigenvalue weighted by atomic mass is 16.3. The number of phenols is 4. The van der Waals surface area contributed by atoms with Gasteiger partial charge in [0.05, 0.1) is 0 Å². The molecule has 0 atom stereocenters. The summed E-state index contributed by atoms with van der Waals surface area (Å²) in [6.45, 7) is 7.98. The van der Waals surface area contributed by atoms with Crippen molar-refractivity contribution in [2.45, 2.75) is 47.0 Å². The Hall–Kier alpha value is -3.92. The van der Waals surface area contributed by atoms with Crippen LogP contribution in [0, 0.1) is 27.7 Å². The van der Waals surface area contributed by atoms with Gasteiger partial charge < -0.3 is 20.4 Å². The van der Waals surface area contributed by atoms with Gasteiger partial charge in [-0.3, -0.25) is 0 Å². The molecule has 4 aromatic rings. The van der Waals surface area contributed by atoms with E-state index in [0.29, 0.717) is 19.3 Å². The molecule has 35 heavy (non-hydrogen) atoms. The van der Waals surface area contributed by atoms with Gasteiger partial charge in [-0.15, -0.1) is 0 Å². The van der Waals surface area contributed by atoms with E-state index < -0.39 is 0 Å². The minimum atomic E-state index is 0.183. The van der Waals surface area contributed by atoms with E-state index in [1.54, 1.807) is 24.3 Å². The van der Waals surface area contributed by atoms with Gasteiger partial charge in [0.1, 0.15) is 23.0 Å². The van der Waals surface area contributed by atoms with Gasteiger partial charge >= 0.3 is 0 Å². The molecule has 0 aromatic heterocycles. The Labute approximate surface area is 206 Å². The number of hydrogen-bond donors (Lipinski definition) is 4. The quantitative estimate of drug-likeness (QED) is 0.260. The summed E-state index contributed by atoms with van der Waals surface area (Å²) < 4.78 is 0. The van der Waals surface area contributed by atoms with Gasteiger partial charge in [0.15, 0.2) is 0 Å². The molecule has 180 valence electrons. The Morgan fingerprint density at radius 1 is 0.429 bits per heavy atom. The second-order valence-corrected chi connectivity index (χ2v) is 9.51. The molecule has 0 aliphatic rings. The summed E-state index contributed by atoms with van der Waals surface area (Å²) in [6, 6.07) is 18.1. The van der Waals surface area contributed by atoms with Crippen molar-refractivity contribution in [2.75, 3.05) is 0 Å². The Morgan fingerprint density at radius 2 is 0.800 bits per heavy atom. The van der Waals surface area contributed by atoms with Crippen LogP contribution in [0.25, 0.3) is 0 Å². The molecule has 0 saturated carbocycles. The molecule has 0 saturated heterocycles. The first kappa shape index (κ1) is 24.2. The van der Waals surface area contributed by atoms with Crippen LogP contribution in [0.4, 0.5) is 0 Å².